The van der Waals surface area contributed by atoms with E-state index in [0.717, 1.165) is 22.4 Å². The summed E-state index contributed by atoms with van der Waals surface area (Å²) < 4.78 is 5.47. The maximum atomic E-state index is 10.5. The molecular weight excluding hydrogens is 366 g/mol. The van der Waals surface area contributed by atoms with Crippen LogP contribution in [0.15, 0.2) is 42.5 Å². The number of piperidine rings is 1. The predicted molar refractivity (Wildman–Crippen MR) is 105 cm³/mol. The molecule has 1 saturated heterocycles. The zero-order valence-electron chi connectivity index (χ0n) is 15.5. The molecule has 1 aliphatic heterocycles. The van der Waals surface area contributed by atoms with E-state index in [0.29, 0.717) is 24.6 Å². The Hall–Kier alpha value is -1.63. The monoisotopic (exact) mass is 391 g/mol. The number of hydrogen-bond acceptors (Lipinski definition) is 5. The molecule has 0 unspecified atom stereocenters. The summed E-state index contributed by atoms with van der Waals surface area (Å²) in [6, 6.07) is 13.1. The van der Waals surface area contributed by atoms with Crippen molar-refractivity contribution in [1.29, 1.82) is 0 Å². The molecule has 1 fully saturated rings. The van der Waals surface area contributed by atoms with Crippen molar-refractivity contribution in [3.8, 4) is 5.75 Å². The average Bonchev–Trinajstić information content (AvgIpc) is 2.64. The fourth-order valence-electron chi connectivity index (χ4n) is 3.65. The summed E-state index contributed by atoms with van der Waals surface area (Å²) in [6.45, 7) is 2.87. The molecule has 1 heterocycles. The summed E-state index contributed by atoms with van der Waals surface area (Å²) >= 11 is 6.40. The third kappa shape index (κ3) is 4.45. The maximum Gasteiger partial charge on any atom is 0.119 e. The zero-order valence-corrected chi connectivity index (χ0v) is 16.3. The van der Waals surface area contributed by atoms with Gasteiger partial charge in [0.15, 0.2) is 0 Å². The quantitative estimate of drug-likeness (QED) is 0.730. The molecule has 2 aromatic rings. The summed E-state index contributed by atoms with van der Waals surface area (Å²) in [4.78, 5) is 1.85. The van der Waals surface area contributed by atoms with Gasteiger partial charge in [-0.05, 0) is 55.3 Å². The highest BCUT2D eigenvalue weighted by Gasteiger charge is 2.40. The van der Waals surface area contributed by atoms with Gasteiger partial charge in [-0.25, -0.2) is 0 Å². The minimum atomic E-state index is -1.17. The smallest absolute Gasteiger partial charge is 0.119 e. The molecule has 3 N–H and O–H groups in total. The Morgan fingerprint density at radius 1 is 1.07 bits per heavy atom. The third-order valence-corrected chi connectivity index (χ3v) is 5.43. The molecule has 0 amide bonds. The minimum Gasteiger partial charge on any atom is -0.494 e. The summed E-state index contributed by atoms with van der Waals surface area (Å²) in [7, 11) is 1.82. The van der Waals surface area contributed by atoms with Gasteiger partial charge >= 0.3 is 0 Å². The summed E-state index contributed by atoms with van der Waals surface area (Å²) in [5, 5.41) is 31.0. The Morgan fingerprint density at radius 2 is 1.78 bits per heavy atom. The maximum absolute atomic E-state index is 10.5. The van der Waals surface area contributed by atoms with E-state index in [4.69, 9.17) is 16.3 Å². The Labute approximate surface area is 164 Å². The van der Waals surface area contributed by atoms with Crippen LogP contribution >= 0.6 is 11.6 Å². The van der Waals surface area contributed by atoms with E-state index in [1.54, 1.807) is 0 Å². The lowest BCUT2D eigenvalue weighted by atomic mass is 9.88. The average molecular weight is 392 g/mol. The molecule has 146 valence electrons. The van der Waals surface area contributed by atoms with Gasteiger partial charge in [0, 0.05) is 11.6 Å². The third-order valence-electron chi connectivity index (χ3n) is 5.06. The molecule has 0 saturated carbocycles. The largest absolute Gasteiger partial charge is 0.494 e. The van der Waals surface area contributed by atoms with Gasteiger partial charge in [0.2, 0.25) is 0 Å². The van der Waals surface area contributed by atoms with Crippen molar-refractivity contribution < 1.29 is 20.1 Å². The topological polar surface area (TPSA) is 73.2 Å². The molecule has 4 atom stereocenters. The van der Waals surface area contributed by atoms with Crippen LogP contribution < -0.4 is 4.74 Å². The number of β-amino-alcohol motifs (C(OH)–C–C–N with tert-alkyl or cyclic N) is 1. The second-order valence-electron chi connectivity index (χ2n) is 7.04. The van der Waals surface area contributed by atoms with Gasteiger partial charge in [0.25, 0.3) is 0 Å². The Bertz CT molecular complexity index is 767. The van der Waals surface area contributed by atoms with E-state index >= 15 is 0 Å². The number of aliphatic hydroxyl groups excluding tert-OH is 3. The predicted octanol–water partition coefficient (Wildman–Crippen LogP) is 2.40. The second kappa shape index (κ2) is 8.59. The number of aliphatic hydroxyl groups is 3. The second-order valence-corrected chi connectivity index (χ2v) is 7.44. The SMILES string of the molecule is CCOc1ccc(Cc2cc([C@H]3[C@H](O)[C@@H](O)[C@@H](O)CN3C)ccc2Cl)cc1. The van der Waals surface area contributed by atoms with Crippen molar-refractivity contribution in [2.75, 3.05) is 20.2 Å². The van der Waals surface area contributed by atoms with Crippen LogP contribution in [-0.4, -0.2) is 58.7 Å². The Morgan fingerprint density at radius 3 is 2.44 bits per heavy atom. The number of hydrogen-bond donors (Lipinski definition) is 3. The fraction of sp³-hybridized carbons (Fsp3) is 0.429. The van der Waals surface area contributed by atoms with Crippen LogP contribution in [0.2, 0.25) is 5.02 Å². The van der Waals surface area contributed by atoms with Crippen LogP contribution in [0.5, 0.6) is 5.75 Å². The van der Waals surface area contributed by atoms with E-state index in [1.807, 2.05) is 61.3 Å². The van der Waals surface area contributed by atoms with Crippen LogP contribution in [0.4, 0.5) is 0 Å². The number of benzene rings is 2. The van der Waals surface area contributed by atoms with Crippen molar-refractivity contribution in [2.45, 2.75) is 37.7 Å². The normalized spacial score (nSPS) is 26.1. The minimum absolute atomic E-state index is 0.291. The van der Waals surface area contributed by atoms with Gasteiger partial charge in [-0.15, -0.1) is 0 Å². The van der Waals surface area contributed by atoms with Crippen LogP contribution in [0.25, 0.3) is 0 Å². The lowest BCUT2D eigenvalue weighted by Crippen LogP contribution is -2.55. The van der Waals surface area contributed by atoms with Gasteiger partial charge in [-0.3, -0.25) is 4.90 Å². The van der Waals surface area contributed by atoms with E-state index in [2.05, 4.69) is 0 Å². The first kappa shape index (κ1) is 20.1. The lowest BCUT2D eigenvalue weighted by Gasteiger charge is -2.42. The number of nitrogens with zero attached hydrogens (tertiary/aromatic N) is 1. The van der Waals surface area contributed by atoms with E-state index in [9.17, 15) is 15.3 Å². The van der Waals surface area contributed by atoms with E-state index in [1.165, 1.54) is 0 Å². The highest BCUT2D eigenvalue weighted by atomic mass is 35.5. The first-order valence-corrected chi connectivity index (χ1v) is 9.53. The molecule has 0 aromatic heterocycles. The van der Waals surface area contributed by atoms with Gasteiger partial charge in [-0.1, -0.05) is 35.9 Å². The lowest BCUT2D eigenvalue weighted by molar-refractivity contribution is -0.132. The van der Waals surface area contributed by atoms with Gasteiger partial charge in [0.05, 0.1) is 18.8 Å². The van der Waals surface area contributed by atoms with E-state index < -0.39 is 24.4 Å². The van der Waals surface area contributed by atoms with Crippen LogP contribution in [0.3, 0.4) is 0 Å². The first-order chi connectivity index (χ1) is 12.9. The molecule has 2 aromatic carbocycles. The molecule has 27 heavy (non-hydrogen) atoms. The van der Waals surface area contributed by atoms with Crippen molar-refractivity contribution in [1.82, 2.24) is 4.90 Å². The number of ether oxygens (including phenoxy) is 1. The van der Waals surface area contributed by atoms with Crippen LogP contribution in [0, 0.1) is 0 Å². The van der Waals surface area contributed by atoms with Gasteiger partial charge in [0.1, 0.15) is 18.0 Å². The highest BCUT2D eigenvalue weighted by molar-refractivity contribution is 6.31. The molecular formula is C21H26ClNO4. The molecule has 0 radical (unpaired) electrons. The molecule has 0 spiro atoms. The van der Waals surface area contributed by atoms with Crippen LogP contribution in [-0.2, 0) is 6.42 Å². The molecule has 1 aliphatic rings. The van der Waals surface area contributed by atoms with Crippen molar-refractivity contribution in [3.05, 3.63) is 64.2 Å². The number of likely N-dealkylation sites (tertiary alicyclic amines) is 1. The Balaban J connectivity index is 1.83. The zero-order chi connectivity index (χ0) is 19.6. The Kier molecular flexibility index (Phi) is 6.40. The molecule has 0 aliphatic carbocycles. The van der Waals surface area contributed by atoms with Gasteiger partial charge in [-0.2, -0.15) is 0 Å². The summed E-state index contributed by atoms with van der Waals surface area (Å²) in [6.07, 6.45) is -2.55. The summed E-state index contributed by atoms with van der Waals surface area (Å²) in [5.74, 6) is 0.834. The van der Waals surface area contributed by atoms with Crippen molar-refractivity contribution in [3.63, 3.8) is 0 Å². The van der Waals surface area contributed by atoms with E-state index in [-0.39, 0.29) is 0 Å². The fourth-order valence-corrected chi connectivity index (χ4v) is 3.83. The van der Waals surface area contributed by atoms with Crippen molar-refractivity contribution in [2.24, 2.45) is 0 Å². The first-order valence-electron chi connectivity index (χ1n) is 9.15. The molecule has 0 bridgehead atoms. The number of rotatable bonds is 5. The van der Waals surface area contributed by atoms with Crippen molar-refractivity contribution >= 4 is 11.6 Å². The molecule has 5 nitrogen and oxygen atoms in total. The highest BCUT2D eigenvalue weighted by Crippen LogP contribution is 2.33. The summed E-state index contributed by atoms with van der Waals surface area (Å²) in [5.41, 5.74) is 2.91. The van der Waals surface area contributed by atoms with Crippen LogP contribution in [0.1, 0.15) is 29.7 Å². The molecule has 3 rings (SSSR count). The number of likely N-dealkylation sites (N-methyl/N-ethyl adjacent to an activating group) is 1. The van der Waals surface area contributed by atoms with Gasteiger partial charge < -0.3 is 20.1 Å². The molecule has 6 heteroatoms. The standard InChI is InChI=1S/C21H26ClNO4/c1-3-27-16-7-4-13(5-8-16)10-15-11-14(6-9-17(15)22)19-21(26)20(25)18(24)12-23(19)2/h4-9,11,18-21,24-26H,3,10,12H2,1-2H3/t18-,19-,20-,21-/m0/s1. The number of halogens is 1.